The second-order valence-electron chi connectivity index (χ2n) is 5.96. The Kier molecular flexibility index (Phi) is 4.56. The molecule has 0 aromatic carbocycles. The molecule has 0 unspecified atom stereocenters. The summed E-state index contributed by atoms with van der Waals surface area (Å²) >= 11 is 0. The Hall–Kier alpha value is -2.93. The quantitative estimate of drug-likeness (QED) is 0.756. The number of rotatable bonds is 4. The number of pyridine rings is 1. The molecule has 7 nitrogen and oxygen atoms in total. The summed E-state index contributed by atoms with van der Waals surface area (Å²) in [6.45, 7) is 2.05. The Morgan fingerprint density at radius 3 is 2.60 bits per heavy atom. The Bertz CT molecular complexity index is 760. The Labute approximate surface area is 146 Å². The molecule has 0 saturated carbocycles. The van der Waals surface area contributed by atoms with Gasteiger partial charge in [-0.25, -0.2) is 15.0 Å². The predicted molar refractivity (Wildman–Crippen MR) is 95.8 cm³/mol. The molecule has 1 aliphatic rings. The number of aromatic nitrogens is 5. The van der Waals surface area contributed by atoms with Crippen LogP contribution in [0.5, 0.6) is 0 Å². The summed E-state index contributed by atoms with van der Waals surface area (Å²) in [7, 11) is 0. The largest absolute Gasteiger partial charge is 0.367 e. The summed E-state index contributed by atoms with van der Waals surface area (Å²) in [5, 5.41) is 6.92. The molecule has 126 valence electrons. The third kappa shape index (κ3) is 3.77. The van der Waals surface area contributed by atoms with Crippen molar-refractivity contribution >= 4 is 5.82 Å². The van der Waals surface area contributed by atoms with E-state index in [-0.39, 0.29) is 0 Å². The molecule has 1 saturated heterocycles. The molecule has 0 spiro atoms. The zero-order chi connectivity index (χ0) is 16.9. The average molecular weight is 333 g/mol. The first-order valence-corrected chi connectivity index (χ1v) is 8.41. The van der Waals surface area contributed by atoms with Crippen molar-refractivity contribution in [2.24, 2.45) is 0 Å². The van der Waals surface area contributed by atoms with Crippen LogP contribution in [-0.2, 0) is 0 Å². The van der Waals surface area contributed by atoms with Crippen molar-refractivity contribution in [3.63, 3.8) is 0 Å². The molecule has 0 bridgehead atoms. The summed E-state index contributed by atoms with van der Waals surface area (Å²) in [5.41, 5.74) is 2.42. The van der Waals surface area contributed by atoms with Crippen molar-refractivity contribution in [3.05, 3.63) is 49.2 Å². The molecule has 0 atom stereocenters. The van der Waals surface area contributed by atoms with Crippen LogP contribution in [-0.4, -0.2) is 44.1 Å². The maximum atomic E-state index is 4.66. The van der Waals surface area contributed by atoms with Gasteiger partial charge in [-0.1, -0.05) is 0 Å². The van der Waals surface area contributed by atoms with Gasteiger partial charge >= 0.3 is 0 Å². The Morgan fingerprint density at radius 1 is 0.960 bits per heavy atom. The zero-order valence-corrected chi connectivity index (χ0v) is 13.8. The molecule has 25 heavy (non-hydrogen) atoms. The van der Waals surface area contributed by atoms with Gasteiger partial charge in [0.1, 0.15) is 11.5 Å². The molecule has 0 amide bonds. The third-order valence-corrected chi connectivity index (χ3v) is 4.17. The van der Waals surface area contributed by atoms with Crippen molar-refractivity contribution in [1.29, 1.82) is 0 Å². The molecule has 4 heterocycles. The fourth-order valence-corrected chi connectivity index (χ4v) is 2.89. The summed E-state index contributed by atoms with van der Waals surface area (Å²) in [5.74, 6) is 1.37. The number of nitrogens with one attached hydrogen (secondary N) is 2. The van der Waals surface area contributed by atoms with Gasteiger partial charge in [0.15, 0.2) is 5.82 Å². The van der Waals surface area contributed by atoms with E-state index in [0.717, 1.165) is 43.0 Å². The Balaban J connectivity index is 1.72. The van der Waals surface area contributed by atoms with Crippen LogP contribution in [0.4, 0.5) is 5.82 Å². The SMILES string of the molecule is c1cncc(-c2cc(NC3CCNCC3)nc(-c3cnccn3)n2)c1. The van der Waals surface area contributed by atoms with Gasteiger partial charge in [-0.05, 0) is 38.1 Å². The Morgan fingerprint density at radius 2 is 1.84 bits per heavy atom. The van der Waals surface area contributed by atoms with E-state index in [1.54, 1.807) is 31.0 Å². The summed E-state index contributed by atoms with van der Waals surface area (Å²) in [6, 6.07) is 6.27. The van der Waals surface area contributed by atoms with Crippen LogP contribution in [0.15, 0.2) is 49.2 Å². The molecule has 1 aliphatic heterocycles. The highest BCUT2D eigenvalue weighted by atomic mass is 15.1. The molecule has 1 fully saturated rings. The lowest BCUT2D eigenvalue weighted by atomic mass is 10.1. The normalized spacial score (nSPS) is 15.0. The summed E-state index contributed by atoms with van der Waals surface area (Å²) in [4.78, 5) is 22.0. The van der Waals surface area contributed by atoms with Gasteiger partial charge in [0.25, 0.3) is 0 Å². The lowest BCUT2D eigenvalue weighted by molar-refractivity contribution is 0.478. The van der Waals surface area contributed by atoms with Crippen LogP contribution in [0.1, 0.15) is 12.8 Å². The van der Waals surface area contributed by atoms with Crippen LogP contribution in [0.3, 0.4) is 0 Å². The molecule has 3 aromatic heterocycles. The standard InChI is InChI=1S/C18H19N7/c1-2-13(11-20-5-1)15-10-17(23-14-3-6-19-7-4-14)25-18(24-15)16-12-21-8-9-22-16/h1-2,5,8-12,14,19H,3-4,6-7H2,(H,23,24,25). The van der Waals surface area contributed by atoms with E-state index in [1.165, 1.54) is 0 Å². The van der Waals surface area contributed by atoms with E-state index in [4.69, 9.17) is 0 Å². The number of hydrogen-bond acceptors (Lipinski definition) is 7. The van der Waals surface area contributed by atoms with Crippen molar-refractivity contribution in [3.8, 4) is 22.8 Å². The van der Waals surface area contributed by atoms with Crippen LogP contribution < -0.4 is 10.6 Å². The second-order valence-corrected chi connectivity index (χ2v) is 5.96. The highest BCUT2D eigenvalue weighted by molar-refractivity contribution is 5.65. The average Bonchev–Trinajstić information content (AvgIpc) is 2.70. The van der Waals surface area contributed by atoms with E-state index >= 15 is 0 Å². The maximum Gasteiger partial charge on any atom is 0.182 e. The van der Waals surface area contributed by atoms with Gasteiger partial charge in [0.05, 0.1) is 11.9 Å². The fraction of sp³-hybridized carbons (Fsp3) is 0.278. The van der Waals surface area contributed by atoms with Crippen LogP contribution in [0, 0.1) is 0 Å². The van der Waals surface area contributed by atoms with Crippen molar-refractivity contribution in [2.75, 3.05) is 18.4 Å². The number of nitrogens with zero attached hydrogens (tertiary/aromatic N) is 5. The molecule has 4 rings (SSSR count). The molecular weight excluding hydrogens is 314 g/mol. The lowest BCUT2D eigenvalue weighted by Crippen LogP contribution is -2.35. The molecule has 0 radical (unpaired) electrons. The maximum absolute atomic E-state index is 4.66. The van der Waals surface area contributed by atoms with E-state index in [0.29, 0.717) is 17.6 Å². The van der Waals surface area contributed by atoms with Crippen molar-refractivity contribution in [2.45, 2.75) is 18.9 Å². The predicted octanol–water partition coefficient (Wildman–Crippen LogP) is 2.16. The highest BCUT2D eigenvalue weighted by Crippen LogP contribution is 2.23. The molecule has 2 N–H and O–H groups in total. The summed E-state index contributed by atoms with van der Waals surface area (Å²) in [6.07, 6.45) is 10.7. The van der Waals surface area contributed by atoms with Gasteiger partial charge in [-0.3, -0.25) is 9.97 Å². The van der Waals surface area contributed by atoms with Crippen LogP contribution >= 0.6 is 0 Å². The van der Waals surface area contributed by atoms with Gasteiger partial charge in [0.2, 0.25) is 0 Å². The third-order valence-electron chi connectivity index (χ3n) is 4.17. The second kappa shape index (κ2) is 7.31. The van der Waals surface area contributed by atoms with E-state index in [9.17, 15) is 0 Å². The zero-order valence-electron chi connectivity index (χ0n) is 13.8. The van der Waals surface area contributed by atoms with Gasteiger partial charge in [-0.2, -0.15) is 0 Å². The van der Waals surface area contributed by atoms with Crippen LogP contribution in [0.2, 0.25) is 0 Å². The lowest BCUT2D eigenvalue weighted by Gasteiger charge is -2.24. The highest BCUT2D eigenvalue weighted by Gasteiger charge is 2.15. The van der Waals surface area contributed by atoms with E-state index in [2.05, 4.69) is 35.6 Å². The number of piperidine rings is 1. The molecule has 3 aromatic rings. The molecular formula is C18H19N7. The van der Waals surface area contributed by atoms with E-state index < -0.39 is 0 Å². The smallest absolute Gasteiger partial charge is 0.182 e. The number of hydrogen-bond donors (Lipinski definition) is 2. The first-order valence-electron chi connectivity index (χ1n) is 8.41. The monoisotopic (exact) mass is 333 g/mol. The fourth-order valence-electron chi connectivity index (χ4n) is 2.89. The first-order chi connectivity index (χ1) is 12.4. The minimum atomic E-state index is 0.410. The van der Waals surface area contributed by atoms with Crippen molar-refractivity contribution < 1.29 is 0 Å². The van der Waals surface area contributed by atoms with Gasteiger partial charge in [0, 0.05) is 42.5 Å². The van der Waals surface area contributed by atoms with Gasteiger partial charge < -0.3 is 10.6 Å². The minimum absolute atomic E-state index is 0.410. The van der Waals surface area contributed by atoms with Gasteiger partial charge in [-0.15, -0.1) is 0 Å². The summed E-state index contributed by atoms with van der Waals surface area (Å²) < 4.78 is 0. The molecule has 7 heteroatoms. The minimum Gasteiger partial charge on any atom is -0.367 e. The number of anilines is 1. The van der Waals surface area contributed by atoms with Crippen molar-refractivity contribution in [1.82, 2.24) is 30.2 Å². The first kappa shape index (κ1) is 15.6. The topological polar surface area (TPSA) is 88.5 Å². The molecule has 0 aliphatic carbocycles. The van der Waals surface area contributed by atoms with Crippen LogP contribution in [0.25, 0.3) is 22.8 Å². The van der Waals surface area contributed by atoms with E-state index in [1.807, 2.05) is 18.2 Å².